The molecule has 1 unspecified atom stereocenters. The van der Waals surface area contributed by atoms with Crippen molar-refractivity contribution in [2.75, 3.05) is 6.61 Å². The van der Waals surface area contributed by atoms with Crippen LogP contribution in [-0.2, 0) is 4.74 Å². The van der Waals surface area contributed by atoms with Gasteiger partial charge in [-0.2, -0.15) is 0 Å². The standard InChI is InChI=1S/C16H32O/c1-3-5-7-8-9-10-12-14-16(15-17-16)13-11-6-4-2/h3-15H2,1-2H3. The first-order valence-corrected chi connectivity index (χ1v) is 7.97. The molecule has 1 atom stereocenters. The number of hydrogen-bond acceptors (Lipinski definition) is 1. The van der Waals surface area contributed by atoms with Crippen LogP contribution in [0.15, 0.2) is 0 Å². The van der Waals surface area contributed by atoms with Crippen molar-refractivity contribution in [1.29, 1.82) is 0 Å². The molecule has 1 heterocycles. The largest absolute Gasteiger partial charge is 0.370 e. The van der Waals surface area contributed by atoms with Crippen molar-refractivity contribution in [2.24, 2.45) is 0 Å². The van der Waals surface area contributed by atoms with E-state index in [0.717, 1.165) is 6.61 Å². The molecule has 0 spiro atoms. The van der Waals surface area contributed by atoms with E-state index in [1.54, 1.807) is 0 Å². The normalized spacial score (nSPS) is 22.9. The number of hydrogen-bond donors (Lipinski definition) is 0. The monoisotopic (exact) mass is 240 g/mol. The van der Waals surface area contributed by atoms with Gasteiger partial charge < -0.3 is 4.74 Å². The minimum atomic E-state index is 0.346. The van der Waals surface area contributed by atoms with E-state index in [1.165, 1.54) is 77.0 Å². The second-order valence-electron chi connectivity index (χ2n) is 5.80. The second kappa shape index (κ2) is 8.97. The SMILES string of the molecule is CCCCCCCCCC1(CCCCC)CO1. The maximum absolute atomic E-state index is 5.69. The third kappa shape index (κ3) is 7.08. The topological polar surface area (TPSA) is 12.5 Å². The minimum absolute atomic E-state index is 0.346. The van der Waals surface area contributed by atoms with Crippen LogP contribution >= 0.6 is 0 Å². The molecule has 1 nitrogen and oxygen atoms in total. The Kier molecular flexibility index (Phi) is 7.92. The first-order valence-electron chi connectivity index (χ1n) is 7.97. The molecular formula is C16H32O. The molecule has 0 radical (unpaired) electrons. The zero-order valence-electron chi connectivity index (χ0n) is 12.1. The highest BCUT2D eigenvalue weighted by Crippen LogP contribution is 2.38. The average molecular weight is 240 g/mol. The highest BCUT2D eigenvalue weighted by molar-refractivity contribution is 4.91. The minimum Gasteiger partial charge on any atom is -0.370 e. The fraction of sp³-hybridized carbons (Fsp3) is 1.00. The third-order valence-electron chi connectivity index (χ3n) is 4.02. The molecule has 1 rings (SSSR count). The highest BCUT2D eigenvalue weighted by atomic mass is 16.6. The summed E-state index contributed by atoms with van der Waals surface area (Å²) in [5.41, 5.74) is 0.346. The quantitative estimate of drug-likeness (QED) is 0.325. The maximum atomic E-state index is 5.69. The van der Waals surface area contributed by atoms with Crippen LogP contribution in [0.5, 0.6) is 0 Å². The summed E-state index contributed by atoms with van der Waals surface area (Å²) in [7, 11) is 0. The second-order valence-corrected chi connectivity index (χ2v) is 5.80. The molecule has 1 heteroatoms. The summed E-state index contributed by atoms with van der Waals surface area (Å²) in [6.45, 7) is 5.60. The van der Waals surface area contributed by atoms with Gasteiger partial charge in [0.15, 0.2) is 0 Å². The molecule has 0 aromatic carbocycles. The molecule has 1 saturated heterocycles. The van der Waals surface area contributed by atoms with Crippen molar-refractivity contribution in [3.8, 4) is 0 Å². The Hall–Kier alpha value is -0.0400. The summed E-state index contributed by atoms with van der Waals surface area (Å²) >= 11 is 0. The molecule has 17 heavy (non-hydrogen) atoms. The van der Waals surface area contributed by atoms with Gasteiger partial charge in [0.2, 0.25) is 0 Å². The van der Waals surface area contributed by atoms with Crippen molar-refractivity contribution in [3.05, 3.63) is 0 Å². The Morgan fingerprint density at radius 3 is 1.65 bits per heavy atom. The smallest absolute Gasteiger partial charge is 0.0916 e. The first kappa shape index (κ1) is 15.0. The van der Waals surface area contributed by atoms with Gasteiger partial charge in [-0.05, 0) is 12.8 Å². The lowest BCUT2D eigenvalue weighted by molar-refractivity contribution is 0.261. The first-order chi connectivity index (χ1) is 8.33. The van der Waals surface area contributed by atoms with Crippen molar-refractivity contribution in [2.45, 2.75) is 96.5 Å². The molecular weight excluding hydrogens is 208 g/mol. The summed E-state index contributed by atoms with van der Waals surface area (Å²) in [6, 6.07) is 0. The zero-order valence-corrected chi connectivity index (χ0v) is 12.1. The summed E-state index contributed by atoms with van der Waals surface area (Å²) in [4.78, 5) is 0. The summed E-state index contributed by atoms with van der Waals surface area (Å²) in [5.74, 6) is 0. The van der Waals surface area contributed by atoms with Crippen LogP contribution in [0.25, 0.3) is 0 Å². The van der Waals surface area contributed by atoms with Crippen LogP contribution in [0.3, 0.4) is 0 Å². The molecule has 1 fully saturated rings. The molecule has 0 aliphatic carbocycles. The third-order valence-corrected chi connectivity index (χ3v) is 4.02. The summed E-state index contributed by atoms with van der Waals surface area (Å²) < 4.78 is 5.69. The fourth-order valence-electron chi connectivity index (χ4n) is 2.62. The predicted molar refractivity (Wildman–Crippen MR) is 75.4 cm³/mol. The van der Waals surface area contributed by atoms with E-state index in [-0.39, 0.29) is 0 Å². The van der Waals surface area contributed by atoms with Gasteiger partial charge >= 0.3 is 0 Å². The lowest BCUT2D eigenvalue weighted by Gasteiger charge is -2.11. The predicted octanol–water partition coefficient (Wildman–Crippen LogP) is 5.48. The number of rotatable bonds is 12. The maximum Gasteiger partial charge on any atom is 0.0916 e. The molecule has 1 aliphatic rings. The lowest BCUT2D eigenvalue weighted by Crippen LogP contribution is -2.10. The van der Waals surface area contributed by atoms with E-state index in [2.05, 4.69) is 13.8 Å². The Morgan fingerprint density at radius 1 is 0.706 bits per heavy atom. The van der Waals surface area contributed by atoms with Crippen LogP contribution in [0.4, 0.5) is 0 Å². The average Bonchev–Trinajstić information content (AvgIpc) is 3.09. The van der Waals surface area contributed by atoms with Crippen LogP contribution in [0.1, 0.15) is 90.9 Å². The van der Waals surface area contributed by atoms with E-state index in [9.17, 15) is 0 Å². The Morgan fingerprint density at radius 2 is 1.12 bits per heavy atom. The molecule has 102 valence electrons. The summed E-state index contributed by atoms with van der Waals surface area (Å²) in [5, 5.41) is 0. The van der Waals surface area contributed by atoms with Gasteiger partial charge in [-0.3, -0.25) is 0 Å². The molecule has 0 amide bonds. The van der Waals surface area contributed by atoms with E-state index < -0.39 is 0 Å². The fourth-order valence-corrected chi connectivity index (χ4v) is 2.62. The van der Waals surface area contributed by atoms with E-state index >= 15 is 0 Å². The molecule has 0 saturated carbocycles. The van der Waals surface area contributed by atoms with E-state index in [0.29, 0.717) is 5.60 Å². The van der Waals surface area contributed by atoms with Crippen molar-refractivity contribution in [3.63, 3.8) is 0 Å². The van der Waals surface area contributed by atoms with Gasteiger partial charge in [0.05, 0.1) is 12.2 Å². The Bertz CT molecular complexity index is 172. The van der Waals surface area contributed by atoms with Gasteiger partial charge in [-0.15, -0.1) is 0 Å². The van der Waals surface area contributed by atoms with Gasteiger partial charge in [0.1, 0.15) is 0 Å². The lowest BCUT2D eigenvalue weighted by atomic mass is 9.95. The van der Waals surface area contributed by atoms with Crippen LogP contribution in [-0.4, -0.2) is 12.2 Å². The Labute approximate surface area is 108 Å². The molecule has 0 bridgehead atoms. The molecule has 0 aromatic heterocycles. The van der Waals surface area contributed by atoms with Crippen molar-refractivity contribution in [1.82, 2.24) is 0 Å². The van der Waals surface area contributed by atoms with Crippen molar-refractivity contribution < 1.29 is 4.74 Å². The number of epoxide rings is 1. The Balaban J connectivity index is 1.88. The zero-order chi connectivity index (χ0) is 12.4. The number of ether oxygens (including phenoxy) is 1. The number of unbranched alkanes of at least 4 members (excludes halogenated alkanes) is 8. The van der Waals surface area contributed by atoms with E-state index in [4.69, 9.17) is 4.74 Å². The molecule has 1 aliphatic heterocycles. The van der Waals surface area contributed by atoms with Crippen LogP contribution in [0, 0.1) is 0 Å². The van der Waals surface area contributed by atoms with Gasteiger partial charge in [-0.25, -0.2) is 0 Å². The summed E-state index contributed by atoms with van der Waals surface area (Å²) in [6.07, 6.45) is 16.6. The van der Waals surface area contributed by atoms with Gasteiger partial charge in [0, 0.05) is 0 Å². The highest BCUT2D eigenvalue weighted by Gasteiger charge is 2.42. The van der Waals surface area contributed by atoms with E-state index in [1.807, 2.05) is 0 Å². The van der Waals surface area contributed by atoms with Crippen LogP contribution < -0.4 is 0 Å². The van der Waals surface area contributed by atoms with Crippen molar-refractivity contribution >= 4 is 0 Å². The molecule has 0 aromatic rings. The van der Waals surface area contributed by atoms with Gasteiger partial charge in [0.25, 0.3) is 0 Å². The molecule has 0 N–H and O–H groups in total. The van der Waals surface area contributed by atoms with Crippen LogP contribution in [0.2, 0.25) is 0 Å². The van der Waals surface area contributed by atoms with Gasteiger partial charge in [-0.1, -0.05) is 78.1 Å².